The molecule has 1 aromatic heterocycles. The van der Waals surface area contributed by atoms with Gasteiger partial charge >= 0.3 is 36.2 Å². The number of rotatable bonds is 7. The monoisotopic (exact) mass is 482 g/mol. The van der Waals surface area contributed by atoms with Crippen LogP contribution >= 0.6 is 0 Å². The van der Waals surface area contributed by atoms with Gasteiger partial charge in [-0.05, 0) is 41.0 Å². The van der Waals surface area contributed by atoms with Crippen molar-refractivity contribution in [1.82, 2.24) is 4.98 Å². The predicted molar refractivity (Wildman–Crippen MR) is 120 cm³/mol. The van der Waals surface area contributed by atoms with Crippen molar-refractivity contribution in [2.75, 3.05) is 5.32 Å². The number of aromatic nitrogens is 1. The van der Waals surface area contributed by atoms with Gasteiger partial charge in [-0.2, -0.15) is 8.78 Å². The average molecular weight is 482 g/mol. The van der Waals surface area contributed by atoms with E-state index in [-0.39, 0.29) is 52.1 Å². The minimum atomic E-state index is -2.98. The van der Waals surface area contributed by atoms with Crippen molar-refractivity contribution in [3.05, 3.63) is 102 Å². The van der Waals surface area contributed by atoms with Crippen molar-refractivity contribution in [3.63, 3.8) is 0 Å². The molecule has 6 nitrogen and oxygen atoms in total. The summed E-state index contributed by atoms with van der Waals surface area (Å²) in [5.41, 5.74) is 2.55. The van der Waals surface area contributed by atoms with Crippen LogP contribution in [0.2, 0.25) is 0 Å². The third-order valence-electron chi connectivity index (χ3n) is 4.99. The normalized spacial score (nSPS) is 10.4. The zero-order valence-electron chi connectivity index (χ0n) is 18.6. The van der Waals surface area contributed by atoms with Gasteiger partial charge in [-0.15, -0.1) is 0 Å². The molecule has 0 bridgehead atoms. The van der Waals surface area contributed by atoms with E-state index in [0.29, 0.717) is 11.1 Å². The molecule has 0 fully saturated rings. The number of hydrogen-bond acceptors (Lipinski definition) is 5. The number of carboxylic acids is 1. The van der Waals surface area contributed by atoms with E-state index in [1.54, 1.807) is 18.3 Å². The molecule has 0 unspecified atom stereocenters. The van der Waals surface area contributed by atoms with Crippen LogP contribution in [-0.2, 0) is 0 Å². The molecule has 1 amide bonds. The fourth-order valence-corrected chi connectivity index (χ4v) is 3.40. The molecule has 4 aromatic rings. The topological polar surface area (TPSA) is 91.3 Å². The zero-order chi connectivity index (χ0) is 24.1. The Bertz CT molecular complexity index is 1350. The number of ether oxygens (including phenoxy) is 1. The summed E-state index contributed by atoms with van der Waals surface area (Å²) in [7, 11) is 0. The van der Waals surface area contributed by atoms with Gasteiger partial charge in [0.2, 0.25) is 0 Å². The summed E-state index contributed by atoms with van der Waals surface area (Å²) in [6, 6.07) is 21.1. The Balaban J connectivity index is 0.00000342. The van der Waals surface area contributed by atoms with E-state index in [1.807, 2.05) is 30.3 Å². The molecule has 1 heterocycles. The molecular weight excluding hydrogens is 465 g/mol. The zero-order valence-corrected chi connectivity index (χ0v) is 20.6. The summed E-state index contributed by atoms with van der Waals surface area (Å²) in [6.45, 7) is -2.98. The number of aromatic carboxylic acids is 1. The van der Waals surface area contributed by atoms with Crippen LogP contribution in [0.4, 0.5) is 14.5 Å². The number of carbonyl (C=O) groups is 2. The van der Waals surface area contributed by atoms with Gasteiger partial charge in [-0.3, -0.25) is 9.78 Å². The van der Waals surface area contributed by atoms with Gasteiger partial charge in [0.05, 0.1) is 17.2 Å². The first-order chi connectivity index (χ1) is 16.4. The molecule has 0 atom stereocenters. The Morgan fingerprint density at radius 2 is 1.54 bits per heavy atom. The number of halogens is 2. The molecule has 0 aliphatic carbocycles. The fourth-order valence-electron chi connectivity index (χ4n) is 3.40. The Hall–Kier alpha value is -3.59. The van der Waals surface area contributed by atoms with E-state index in [4.69, 9.17) is 0 Å². The molecule has 0 spiro atoms. The Morgan fingerprint density at radius 3 is 2.26 bits per heavy atom. The summed E-state index contributed by atoms with van der Waals surface area (Å²) in [5, 5.41) is 14.2. The first-order valence-corrected chi connectivity index (χ1v) is 10.1. The van der Waals surface area contributed by atoms with Gasteiger partial charge in [0.15, 0.2) is 0 Å². The first-order valence-electron chi connectivity index (χ1n) is 10.1. The number of alkyl halides is 2. The molecule has 3 aromatic carbocycles. The van der Waals surface area contributed by atoms with Crippen LogP contribution in [0, 0.1) is 0 Å². The molecular formula is C26H17F2N2NaO4. The van der Waals surface area contributed by atoms with Crippen LogP contribution in [-0.4, -0.2) is 23.5 Å². The second-order valence-corrected chi connectivity index (χ2v) is 7.24. The van der Waals surface area contributed by atoms with E-state index in [2.05, 4.69) is 15.0 Å². The third kappa shape index (κ3) is 6.51. The number of carbonyl (C=O) groups excluding carboxylic acids is 2. The minimum Gasteiger partial charge on any atom is -0.545 e. The second-order valence-electron chi connectivity index (χ2n) is 7.24. The first kappa shape index (κ1) is 26.0. The maximum absolute atomic E-state index is 12.9. The van der Waals surface area contributed by atoms with Crippen molar-refractivity contribution in [2.45, 2.75) is 6.61 Å². The number of carboxylic acid groups (broad SMARTS) is 1. The van der Waals surface area contributed by atoms with Crippen LogP contribution in [0.3, 0.4) is 0 Å². The van der Waals surface area contributed by atoms with E-state index in [1.165, 1.54) is 42.6 Å². The number of benzene rings is 3. The number of anilines is 1. The average Bonchev–Trinajstić information content (AvgIpc) is 2.84. The molecule has 0 saturated carbocycles. The predicted octanol–water partition coefficient (Wildman–Crippen LogP) is 1.64. The fraction of sp³-hybridized carbons (Fsp3) is 0.0385. The molecule has 1 N–H and O–H groups in total. The number of nitrogens with zero attached hydrogens (tertiary/aromatic N) is 1. The number of pyridine rings is 1. The van der Waals surface area contributed by atoms with Crippen molar-refractivity contribution >= 4 is 17.6 Å². The SMILES string of the molecule is O=C(Nc1cc(-c2cccc(OC(F)F)c2)ccc1C(=O)[O-])c1cncc(-c2ccccc2)c1.[Na+]. The molecule has 35 heavy (non-hydrogen) atoms. The Labute approximate surface area is 221 Å². The van der Waals surface area contributed by atoms with Gasteiger partial charge in [-0.25, -0.2) is 0 Å². The van der Waals surface area contributed by atoms with Crippen LogP contribution in [0.25, 0.3) is 22.3 Å². The largest absolute Gasteiger partial charge is 1.00 e. The maximum atomic E-state index is 12.9. The van der Waals surface area contributed by atoms with Gasteiger partial charge in [-0.1, -0.05) is 54.6 Å². The molecule has 0 aliphatic rings. The van der Waals surface area contributed by atoms with Gasteiger partial charge < -0.3 is 20.0 Å². The van der Waals surface area contributed by atoms with E-state index < -0.39 is 18.5 Å². The Morgan fingerprint density at radius 1 is 0.829 bits per heavy atom. The van der Waals surface area contributed by atoms with Crippen LogP contribution in [0.1, 0.15) is 20.7 Å². The van der Waals surface area contributed by atoms with E-state index >= 15 is 0 Å². The summed E-state index contributed by atoms with van der Waals surface area (Å²) in [5.74, 6) is -2.10. The van der Waals surface area contributed by atoms with E-state index in [0.717, 1.165) is 11.1 Å². The standard InChI is InChI=1S/C26H18F2N2O4.Na/c27-26(28)34-21-8-4-7-17(12-21)18-9-10-22(25(32)33)23(13-18)30-24(31)20-11-19(14-29-15-20)16-5-2-1-3-6-16;/h1-15,26H,(H,30,31)(H,32,33);/q;+1/p-1. The van der Waals surface area contributed by atoms with Crippen molar-refractivity contribution in [2.24, 2.45) is 0 Å². The summed E-state index contributed by atoms with van der Waals surface area (Å²) < 4.78 is 29.5. The molecule has 9 heteroatoms. The summed E-state index contributed by atoms with van der Waals surface area (Å²) >= 11 is 0. The van der Waals surface area contributed by atoms with Crippen LogP contribution in [0.5, 0.6) is 5.75 Å². The van der Waals surface area contributed by atoms with Crippen LogP contribution < -0.4 is 44.7 Å². The van der Waals surface area contributed by atoms with Gasteiger partial charge in [0, 0.05) is 23.5 Å². The Kier molecular flexibility index (Phi) is 8.70. The van der Waals surface area contributed by atoms with Crippen LogP contribution in [0.15, 0.2) is 91.3 Å². The molecule has 170 valence electrons. The summed E-state index contributed by atoms with van der Waals surface area (Å²) in [4.78, 5) is 28.7. The van der Waals surface area contributed by atoms with Crippen molar-refractivity contribution in [1.29, 1.82) is 0 Å². The molecule has 0 radical (unpaired) electrons. The van der Waals surface area contributed by atoms with Crippen molar-refractivity contribution < 1.29 is 57.8 Å². The quantitative estimate of drug-likeness (QED) is 0.405. The van der Waals surface area contributed by atoms with Crippen molar-refractivity contribution in [3.8, 4) is 28.0 Å². The smallest absolute Gasteiger partial charge is 0.545 e. The number of nitrogens with one attached hydrogen (secondary N) is 1. The van der Waals surface area contributed by atoms with E-state index in [9.17, 15) is 23.5 Å². The van der Waals surface area contributed by atoms with Gasteiger partial charge in [0.1, 0.15) is 5.75 Å². The van der Waals surface area contributed by atoms with Gasteiger partial charge in [0.25, 0.3) is 5.91 Å². The molecule has 0 saturated heterocycles. The number of amides is 1. The third-order valence-corrected chi connectivity index (χ3v) is 4.99. The summed E-state index contributed by atoms with van der Waals surface area (Å²) in [6.07, 6.45) is 2.99. The second kappa shape index (κ2) is 11.7. The maximum Gasteiger partial charge on any atom is 1.00 e. The molecule has 4 rings (SSSR count). The number of hydrogen-bond donors (Lipinski definition) is 1. The molecule has 0 aliphatic heterocycles. The minimum absolute atomic E-state index is 0.